The molecule has 0 aromatic rings. The lowest BCUT2D eigenvalue weighted by Gasteiger charge is -2.10. The van der Waals surface area contributed by atoms with E-state index in [9.17, 15) is 5.11 Å². The minimum Gasteiger partial charge on any atom is -0.390 e. The van der Waals surface area contributed by atoms with Gasteiger partial charge in [-0.2, -0.15) is 0 Å². The van der Waals surface area contributed by atoms with Crippen LogP contribution < -0.4 is 5.32 Å². The van der Waals surface area contributed by atoms with Gasteiger partial charge >= 0.3 is 0 Å². The molecule has 1 aliphatic rings. The maximum Gasteiger partial charge on any atom is 0.0832 e. The molecule has 11 heavy (non-hydrogen) atoms. The molecule has 1 saturated heterocycles. The van der Waals surface area contributed by atoms with Crippen molar-refractivity contribution in [3.05, 3.63) is 0 Å². The summed E-state index contributed by atoms with van der Waals surface area (Å²) in [6.45, 7) is 1.75. The summed E-state index contributed by atoms with van der Waals surface area (Å²) in [5.41, 5.74) is 0. The van der Waals surface area contributed by atoms with E-state index in [1.54, 1.807) is 0 Å². The van der Waals surface area contributed by atoms with Crippen molar-refractivity contribution in [3.8, 4) is 0 Å². The topological polar surface area (TPSA) is 35.5 Å². The lowest BCUT2D eigenvalue weighted by atomic mass is 10.2. The van der Waals surface area contributed by atoms with Crippen LogP contribution in [0.2, 0.25) is 0 Å². The Kier molecular flexibility index (Phi) is 7.68. The van der Waals surface area contributed by atoms with Gasteiger partial charge in [0.25, 0.3) is 0 Å². The zero-order valence-corrected chi connectivity index (χ0v) is 8.41. The summed E-state index contributed by atoms with van der Waals surface area (Å²) in [5.74, 6) is 0. The predicted octanol–water partition coefficient (Wildman–Crippen LogP) is -0.276. The Balaban J connectivity index is 0. The normalized spacial score (nSPS) is 30.8. The molecule has 0 bridgehead atoms. The minimum absolute atomic E-state index is 0. The molecule has 0 radical (unpaired) electrons. The molecule has 70 valence electrons. The van der Waals surface area contributed by atoms with Crippen LogP contribution in [-0.2, 0) is 0 Å². The van der Waals surface area contributed by atoms with E-state index in [1.165, 1.54) is 0 Å². The van der Waals surface area contributed by atoms with Crippen molar-refractivity contribution >= 4 is 24.8 Å². The van der Waals surface area contributed by atoms with Crippen molar-refractivity contribution in [1.82, 2.24) is 10.2 Å². The molecule has 0 amide bonds. The van der Waals surface area contributed by atoms with E-state index in [-0.39, 0.29) is 37.0 Å². The SMILES string of the molecule is CNC1CN(C)CC1O.Cl.Cl. The van der Waals surface area contributed by atoms with Gasteiger partial charge in [0.2, 0.25) is 0 Å². The summed E-state index contributed by atoms with van der Waals surface area (Å²) >= 11 is 0. The van der Waals surface area contributed by atoms with Gasteiger partial charge in [-0.15, -0.1) is 24.8 Å². The average Bonchev–Trinajstić information content (AvgIpc) is 2.10. The van der Waals surface area contributed by atoms with Crippen molar-refractivity contribution in [2.45, 2.75) is 12.1 Å². The molecule has 0 aliphatic carbocycles. The number of nitrogens with zero attached hydrogens (tertiary/aromatic N) is 1. The molecular weight excluding hydrogens is 187 g/mol. The van der Waals surface area contributed by atoms with Gasteiger partial charge in [0.1, 0.15) is 0 Å². The number of hydrogen-bond donors (Lipinski definition) is 2. The van der Waals surface area contributed by atoms with Crippen LogP contribution in [0.5, 0.6) is 0 Å². The number of likely N-dealkylation sites (N-methyl/N-ethyl adjacent to an activating group) is 2. The third-order valence-electron chi connectivity index (χ3n) is 1.84. The highest BCUT2D eigenvalue weighted by Gasteiger charge is 2.26. The number of hydrogen-bond acceptors (Lipinski definition) is 3. The van der Waals surface area contributed by atoms with E-state index in [2.05, 4.69) is 10.2 Å². The van der Waals surface area contributed by atoms with Gasteiger partial charge < -0.3 is 15.3 Å². The maximum atomic E-state index is 9.26. The van der Waals surface area contributed by atoms with Crippen LogP contribution in [-0.4, -0.2) is 49.3 Å². The molecule has 2 atom stereocenters. The van der Waals surface area contributed by atoms with Gasteiger partial charge in [0, 0.05) is 19.1 Å². The summed E-state index contributed by atoms with van der Waals surface area (Å²) in [6.07, 6.45) is -0.181. The summed E-state index contributed by atoms with van der Waals surface area (Å²) in [6, 6.07) is 0.273. The fraction of sp³-hybridized carbons (Fsp3) is 1.00. The number of likely N-dealkylation sites (tertiary alicyclic amines) is 1. The Morgan fingerprint density at radius 3 is 2.09 bits per heavy atom. The maximum absolute atomic E-state index is 9.26. The molecule has 0 spiro atoms. The smallest absolute Gasteiger partial charge is 0.0832 e. The van der Waals surface area contributed by atoms with E-state index in [0.717, 1.165) is 13.1 Å². The number of aliphatic hydroxyl groups is 1. The molecule has 1 heterocycles. The highest BCUT2D eigenvalue weighted by atomic mass is 35.5. The fourth-order valence-corrected chi connectivity index (χ4v) is 1.26. The quantitative estimate of drug-likeness (QED) is 0.615. The minimum atomic E-state index is -0.181. The van der Waals surface area contributed by atoms with Crippen molar-refractivity contribution in [1.29, 1.82) is 0 Å². The first-order valence-corrected chi connectivity index (χ1v) is 3.28. The zero-order valence-electron chi connectivity index (χ0n) is 6.78. The Hall–Kier alpha value is 0.460. The number of nitrogens with one attached hydrogen (secondary N) is 1. The first-order valence-electron chi connectivity index (χ1n) is 3.28. The van der Waals surface area contributed by atoms with Crippen molar-refractivity contribution in [3.63, 3.8) is 0 Å². The second-order valence-corrected chi connectivity index (χ2v) is 2.68. The molecule has 5 heteroatoms. The second kappa shape index (κ2) is 6.03. The van der Waals surface area contributed by atoms with E-state index in [4.69, 9.17) is 0 Å². The molecule has 1 fully saturated rings. The molecule has 2 N–H and O–H groups in total. The Labute approximate surface area is 80.0 Å². The standard InChI is InChI=1S/C6H14N2O.2ClH/c1-7-5-3-8(2)4-6(5)9;;/h5-7,9H,3-4H2,1-2H3;2*1H. The molecule has 2 unspecified atom stereocenters. The zero-order chi connectivity index (χ0) is 6.85. The van der Waals surface area contributed by atoms with Gasteiger partial charge in [-0.25, -0.2) is 0 Å². The average molecular weight is 203 g/mol. The summed E-state index contributed by atoms with van der Waals surface area (Å²) in [7, 11) is 3.90. The van der Waals surface area contributed by atoms with Crippen LogP contribution in [0.15, 0.2) is 0 Å². The number of aliphatic hydroxyl groups excluding tert-OH is 1. The van der Waals surface area contributed by atoms with E-state index in [1.807, 2.05) is 14.1 Å². The van der Waals surface area contributed by atoms with Crippen LogP contribution in [0, 0.1) is 0 Å². The highest BCUT2D eigenvalue weighted by Crippen LogP contribution is 2.05. The first kappa shape index (κ1) is 14.0. The lowest BCUT2D eigenvalue weighted by molar-refractivity contribution is 0.160. The Morgan fingerprint density at radius 1 is 1.36 bits per heavy atom. The first-order chi connectivity index (χ1) is 4.24. The predicted molar refractivity (Wildman–Crippen MR) is 50.8 cm³/mol. The number of rotatable bonds is 1. The van der Waals surface area contributed by atoms with E-state index >= 15 is 0 Å². The van der Waals surface area contributed by atoms with Crippen molar-refractivity contribution in [2.75, 3.05) is 27.2 Å². The van der Waals surface area contributed by atoms with Gasteiger partial charge in [0.15, 0.2) is 0 Å². The van der Waals surface area contributed by atoms with Crippen LogP contribution in [0.3, 0.4) is 0 Å². The van der Waals surface area contributed by atoms with E-state index in [0.29, 0.717) is 0 Å². The molecule has 0 saturated carbocycles. The molecule has 3 nitrogen and oxygen atoms in total. The lowest BCUT2D eigenvalue weighted by Crippen LogP contribution is -2.36. The third kappa shape index (κ3) is 3.58. The van der Waals surface area contributed by atoms with Crippen molar-refractivity contribution in [2.24, 2.45) is 0 Å². The van der Waals surface area contributed by atoms with Gasteiger partial charge in [-0.1, -0.05) is 0 Å². The van der Waals surface area contributed by atoms with E-state index < -0.39 is 0 Å². The summed E-state index contributed by atoms with van der Waals surface area (Å²) in [5, 5.41) is 12.3. The summed E-state index contributed by atoms with van der Waals surface area (Å²) < 4.78 is 0. The Morgan fingerprint density at radius 2 is 1.91 bits per heavy atom. The largest absolute Gasteiger partial charge is 0.390 e. The van der Waals surface area contributed by atoms with Crippen LogP contribution in [0.4, 0.5) is 0 Å². The number of β-amino-alcohol motifs (C(OH)–C–C–N with tert-alkyl or cyclic N) is 1. The van der Waals surface area contributed by atoms with Crippen molar-refractivity contribution < 1.29 is 5.11 Å². The van der Waals surface area contributed by atoms with Gasteiger partial charge in [0.05, 0.1) is 6.10 Å². The van der Waals surface area contributed by atoms with Gasteiger partial charge in [-0.3, -0.25) is 0 Å². The molecule has 0 aromatic carbocycles. The van der Waals surface area contributed by atoms with Crippen LogP contribution >= 0.6 is 24.8 Å². The fourth-order valence-electron chi connectivity index (χ4n) is 1.26. The van der Waals surface area contributed by atoms with Crippen LogP contribution in [0.25, 0.3) is 0 Å². The molecular formula is C6H16Cl2N2O. The molecule has 0 aromatic heterocycles. The second-order valence-electron chi connectivity index (χ2n) is 2.68. The molecule has 1 rings (SSSR count). The monoisotopic (exact) mass is 202 g/mol. The molecule has 1 aliphatic heterocycles. The third-order valence-corrected chi connectivity index (χ3v) is 1.84. The van der Waals surface area contributed by atoms with Crippen LogP contribution in [0.1, 0.15) is 0 Å². The van der Waals surface area contributed by atoms with Gasteiger partial charge in [-0.05, 0) is 14.1 Å². The summed E-state index contributed by atoms with van der Waals surface area (Å²) in [4.78, 5) is 2.12. The highest BCUT2D eigenvalue weighted by molar-refractivity contribution is 5.85. The number of halogens is 2. The Bertz CT molecular complexity index is 105.